The molecule has 0 aromatic carbocycles. The second-order valence-corrected chi connectivity index (χ2v) is 4.23. The Kier molecular flexibility index (Phi) is 3.91. The summed E-state index contributed by atoms with van der Waals surface area (Å²) in [6.07, 6.45) is 4.20. The van der Waals surface area contributed by atoms with E-state index in [2.05, 4.69) is 17.8 Å². The summed E-state index contributed by atoms with van der Waals surface area (Å²) >= 11 is 3.63. The number of rotatable bonds is 2. The molecule has 60 valence electrons. The minimum Gasteiger partial charge on any atom is -0.376 e. The van der Waals surface area contributed by atoms with Gasteiger partial charge in [-0.1, -0.05) is 0 Å². The van der Waals surface area contributed by atoms with E-state index in [1.807, 2.05) is 23.5 Å². The summed E-state index contributed by atoms with van der Waals surface area (Å²) in [6.45, 7) is 1.69. The van der Waals surface area contributed by atoms with Gasteiger partial charge in [-0.05, 0) is 12.5 Å². The lowest BCUT2D eigenvalue weighted by Gasteiger charge is -2.28. The zero-order chi connectivity index (χ0) is 7.40. The van der Waals surface area contributed by atoms with Crippen LogP contribution in [0.1, 0.15) is 0 Å². The largest absolute Gasteiger partial charge is 0.376 e. The molecule has 0 amide bonds. The molecule has 0 aromatic rings. The lowest BCUT2D eigenvalue weighted by molar-refractivity contribution is 0.0918. The number of thioether (sulfide) groups is 2. The van der Waals surface area contributed by atoms with Crippen molar-refractivity contribution in [2.24, 2.45) is 0 Å². The number of ether oxygens (including phenoxy) is 1. The summed E-state index contributed by atoms with van der Waals surface area (Å²) in [5.41, 5.74) is 0. The molecule has 0 radical (unpaired) electrons. The first-order valence-electron chi connectivity index (χ1n) is 3.26. The minimum atomic E-state index is 0.492. The summed E-state index contributed by atoms with van der Waals surface area (Å²) in [6, 6.07) is 0. The van der Waals surface area contributed by atoms with Crippen LogP contribution in [0.2, 0.25) is 0 Å². The van der Waals surface area contributed by atoms with Crippen LogP contribution in [-0.2, 0) is 4.74 Å². The van der Waals surface area contributed by atoms with Gasteiger partial charge in [-0.3, -0.25) is 5.32 Å². The van der Waals surface area contributed by atoms with Gasteiger partial charge in [-0.2, -0.15) is 0 Å². The van der Waals surface area contributed by atoms with Gasteiger partial charge in [0.15, 0.2) is 0 Å². The second kappa shape index (κ2) is 4.49. The number of morpholine rings is 1. The standard InChI is InChI=1S/C6H13NOS2/c1-9-5-3-8-4-6(7-5)10-2/h5-7H,3-4H2,1-2H3. The minimum absolute atomic E-state index is 0.492. The molecule has 4 heteroatoms. The van der Waals surface area contributed by atoms with Crippen molar-refractivity contribution in [3.05, 3.63) is 0 Å². The first-order valence-corrected chi connectivity index (χ1v) is 5.83. The zero-order valence-corrected chi connectivity index (χ0v) is 7.93. The highest BCUT2D eigenvalue weighted by atomic mass is 32.2. The van der Waals surface area contributed by atoms with Gasteiger partial charge in [-0.25, -0.2) is 0 Å². The third-order valence-corrected chi connectivity index (χ3v) is 3.16. The normalized spacial score (nSPS) is 34.2. The molecule has 0 aliphatic carbocycles. The molecule has 2 unspecified atom stereocenters. The molecule has 0 aromatic heterocycles. The van der Waals surface area contributed by atoms with Gasteiger partial charge >= 0.3 is 0 Å². The van der Waals surface area contributed by atoms with E-state index in [1.54, 1.807) is 0 Å². The lowest BCUT2D eigenvalue weighted by atomic mass is 10.5. The molecular formula is C6H13NOS2. The topological polar surface area (TPSA) is 21.3 Å². The Morgan fingerprint density at radius 2 is 1.70 bits per heavy atom. The summed E-state index contributed by atoms with van der Waals surface area (Å²) < 4.78 is 5.37. The molecule has 2 nitrogen and oxygen atoms in total. The first-order chi connectivity index (χ1) is 4.86. The Morgan fingerprint density at radius 1 is 1.20 bits per heavy atom. The van der Waals surface area contributed by atoms with Crippen LogP contribution in [0.15, 0.2) is 0 Å². The molecule has 1 N–H and O–H groups in total. The van der Waals surface area contributed by atoms with E-state index < -0.39 is 0 Å². The van der Waals surface area contributed by atoms with Gasteiger partial charge < -0.3 is 4.74 Å². The fraction of sp³-hybridized carbons (Fsp3) is 1.00. The van der Waals surface area contributed by atoms with Crippen LogP contribution in [0.4, 0.5) is 0 Å². The average molecular weight is 179 g/mol. The highest BCUT2D eigenvalue weighted by Gasteiger charge is 2.18. The smallest absolute Gasteiger partial charge is 0.0775 e. The fourth-order valence-corrected chi connectivity index (χ4v) is 2.01. The van der Waals surface area contributed by atoms with Crippen LogP contribution in [0.3, 0.4) is 0 Å². The van der Waals surface area contributed by atoms with Crippen LogP contribution in [0.5, 0.6) is 0 Å². The third kappa shape index (κ3) is 2.34. The number of hydrogen-bond donors (Lipinski definition) is 1. The van der Waals surface area contributed by atoms with Crippen LogP contribution < -0.4 is 5.32 Å². The lowest BCUT2D eigenvalue weighted by Crippen LogP contribution is -2.45. The Labute approximate surface area is 70.5 Å². The third-order valence-electron chi connectivity index (χ3n) is 1.48. The highest BCUT2D eigenvalue weighted by molar-refractivity contribution is 8.00. The van der Waals surface area contributed by atoms with Crippen molar-refractivity contribution < 1.29 is 4.74 Å². The summed E-state index contributed by atoms with van der Waals surface area (Å²) in [5, 5.41) is 4.44. The van der Waals surface area contributed by atoms with Gasteiger partial charge in [0.2, 0.25) is 0 Å². The molecule has 1 fully saturated rings. The maximum Gasteiger partial charge on any atom is 0.0775 e. The molecule has 1 aliphatic heterocycles. The average Bonchev–Trinajstić information content (AvgIpc) is 2.05. The van der Waals surface area contributed by atoms with Crippen molar-refractivity contribution in [3.8, 4) is 0 Å². The van der Waals surface area contributed by atoms with Crippen LogP contribution >= 0.6 is 23.5 Å². The predicted octanol–water partition coefficient (Wildman–Crippen LogP) is 0.984. The van der Waals surface area contributed by atoms with Crippen molar-refractivity contribution in [2.75, 3.05) is 25.7 Å². The van der Waals surface area contributed by atoms with E-state index in [9.17, 15) is 0 Å². The maximum absolute atomic E-state index is 5.37. The second-order valence-electron chi connectivity index (χ2n) is 2.15. The van der Waals surface area contributed by atoms with E-state index in [1.165, 1.54) is 0 Å². The van der Waals surface area contributed by atoms with E-state index >= 15 is 0 Å². The Balaban J connectivity index is 2.25. The van der Waals surface area contributed by atoms with Gasteiger partial charge in [0, 0.05) is 0 Å². The van der Waals surface area contributed by atoms with Gasteiger partial charge in [0.25, 0.3) is 0 Å². The quantitative estimate of drug-likeness (QED) is 0.682. The molecular weight excluding hydrogens is 166 g/mol. The van der Waals surface area contributed by atoms with E-state index in [0.717, 1.165) is 13.2 Å². The Bertz CT molecular complexity index is 91.7. The van der Waals surface area contributed by atoms with Gasteiger partial charge in [0.1, 0.15) is 0 Å². The molecule has 10 heavy (non-hydrogen) atoms. The van der Waals surface area contributed by atoms with Crippen molar-refractivity contribution in [1.29, 1.82) is 0 Å². The van der Waals surface area contributed by atoms with Crippen LogP contribution in [-0.4, -0.2) is 36.5 Å². The molecule has 0 spiro atoms. The molecule has 1 aliphatic rings. The number of nitrogens with one attached hydrogen (secondary N) is 1. The van der Waals surface area contributed by atoms with Crippen molar-refractivity contribution in [1.82, 2.24) is 5.32 Å². The van der Waals surface area contributed by atoms with E-state index in [-0.39, 0.29) is 0 Å². The molecule has 1 rings (SSSR count). The summed E-state index contributed by atoms with van der Waals surface area (Å²) in [7, 11) is 0. The van der Waals surface area contributed by atoms with Crippen LogP contribution in [0.25, 0.3) is 0 Å². The maximum atomic E-state index is 5.37. The Hall–Kier alpha value is 0.620. The molecule has 0 saturated carbocycles. The van der Waals surface area contributed by atoms with Gasteiger partial charge in [-0.15, -0.1) is 23.5 Å². The first kappa shape index (κ1) is 8.71. The molecule has 0 bridgehead atoms. The van der Waals surface area contributed by atoms with Crippen molar-refractivity contribution >= 4 is 23.5 Å². The monoisotopic (exact) mass is 179 g/mol. The SMILES string of the molecule is CSC1COCC(SC)N1. The van der Waals surface area contributed by atoms with E-state index in [4.69, 9.17) is 4.74 Å². The van der Waals surface area contributed by atoms with E-state index in [0.29, 0.717) is 10.7 Å². The van der Waals surface area contributed by atoms with Crippen LogP contribution in [0, 0.1) is 0 Å². The predicted molar refractivity (Wildman–Crippen MR) is 48.6 cm³/mol. The number of hydrogen-bond acceptors (Lipinski definition) is 4. The fourth-order valence-electron chi connectivity index (χ4n) is 0.858. The Morgan fingerprint density at radius 3 is 2.10 bits per heavy atom. The molecule has 1 saturated heterocycles. The molecule has 1 heterocycles. The highest BCUT2D eigenvalue weighted by Crippen LogP contribution is 2.14. The summed E-state index contributed by atoms with van der Waals surface area (Å²) in [4.78, 5) is 0. The summed E-state index contributed by atoms with van der Waals surface area (Å²) in [5.74, 6) is 0. The molecule has 2 atom stereocenters. The van der Waals surface area contributed by atoms with Crippen molar-refractivity contribution in [3.63, 3.8) is 0 Å². The van der Waals surface area contributed by atoms with Crippen molar-refractivity contribution in [2.45, 2.75) is 10.7 Å². The van der Waals surface area contributed by atoms with Gasteiger partial charge in [0.05, 0.1) is 24.0 Å². The zero-order valence-electron chi connectivity index (χ0n) is 6.29.